The zero-order valence-corrected chi connectivity index (χ0v) is 8.94. The van der Waals surface area contributed by atoms with Gasteiger partial charge in [-0.1, -0.05) is 6.07 Å². The molecule has 4 heteroatoms. The maximum absolute atomic E-state index is 13.0. The van der Waals surface area contributed by atoms with Crippen LogP contribution in [0.2, 0.25) is 0 Å². The van der Waals surface area contributed by atoms with Crippen LogP contribution < -0.4 is 0 Å². The second-order valence-electron chi connectivity index (χ2n) is 3.09. The number of aliphatic hydroxyl groups is 1. The summed E-state index contributed by atoms with van der Waals surface area (Å²) in [6.45, 7) is 1.66. The number of hydrogen-bond acceptors (Lipinski definition) is 3. The lowest BCUT2D eigenvalue weighted by molar-refractivity contribution is -0.137. The van der Waals surface area contributed by atoms with Crippen LogP contribution in [0.4, 0.5) is 4.39 Å². The number of esters is 1. The van der Waals surface area contributed by atoms with Crippen LogP contribution in [-0.4, -0.2) is 17.7 Å². The fourth-order valence-electron chi connectivity index (χ4n) is 1.17. The van der Waals surface area contributed by atoms with Gasteiger partial charge in [0.15, 0.2) is 0 Å². The Morgan fingerprint density at radius 2 is 2.31 bits per heavy atom. The molecule has 0 spiro atoms. The fraction of sp³-hybridized carbons (Fsp3) is 0.250. The van der Waals surface area contributed by atoms with Crippen molar-refractivity contribution in [2.75, 3.05) is 6.61 Å². The lowest BCUT2D eigenvalue weighted by atomic mass is 10.1. The van der Waals surface area contributed by atoms with E-state index < -0.39 is 11.8 Å². The number of rotatable bonds is 4. The molecule has 0 amide bonds. The number of ether oxygens (including phenoxy) is 1. The highest BCUT2D eigenvalue weighted by molar-refractivity contribution is 5.87. The molecule has 1 aromatic carbocycles. The predicted molar refractivity (Wildman–Crippen MR) is 58.0 cm³/mol. The molecule has 0 atom stereocenters. The molecule has 0 aliphatic rings. The first-order valence-electron chi connectivity index (χ1n) is 4.91. The normalized spacial score (nSPS) is 10.7. The zero-order chi connectivity index (χ0) is 12.0. The quantitative estimate of drug-likeness (QED) is 0.627. The monoisotopic (exact) mass is 224 g/mol. The molecule has 86 valence electrons. The van der Waals surface area contributed by atoms with Gasteiger partial charge in [0.1, 0.15) is 5.82 Å². The fourth-order valence-corrected chi connectivity index (χ4v) is 1.17. The molecule has 0 aliphatic carbocycles. The van der Waals surface area contributed by atoms with E-state index in [2.05, 4.69) is 0 Å². The predicted octanol–water partition coefficient (Wildman–Crippen LogP) is 1.89. The Balaban J connectivity index is 2.78. The lowest BCUT2D eigenvalue weighted by Crippen LogP contribution is -1.98. The van der Waals surface area contributed by atoms with Crippen LogP contribution >= 0.6 is 0 Å². The van der Waals surface area contributed by atoms with Gasteiger partial charge in [-0.2, -0.15) is 0 Å². The minimum atomic E-state index is -0.462. The summed E-state index contributed by atoms with van der Waals surface area (Å²) in [6.07, 6.45) is 2.77. The molecule has 16 heavy (non-hydrogen) atoms. The SMILES string of the molecule is CCOC(=O)C=Cc1ccc(F)c(CO)c1. The van der Waals surface area contributed by atoms with Gasteiger partial charge in [-0.15, -0.1) is 0 Å². The van der Waals surface area contributed by atoms with Crippen molar-refractivity contribution in [1.82, 2.24) is 0 Å². The van der Waals surface area contributed by atoms with E-state index >= 15 is 0 Å². The standard InChI is InChI=1S/C12H13FO3/c1-2-16-12(15)6-4-9-3-5-11(13)10(7-9)8-14/h3-7,14H,2,8H2,1H3. The van der Waals surface area contributed by atoms with Crippen LogP contribution in [0.3, 0.4) is 0 Å². The van der Waals surface area contributed by atoms with Crippen LogP contribution in [-0.2, 0) is 16.1 Å². The molecule has 0 unspecified atom stereocenters. The molecule has 0 radical (unpaired) electrons. The number of halogens is 1. The summed E-state index contributed by atoms with van der Waals surface area (Å²) in [5, 5.41) is 8.85. The molecule has 0 saturated heterocycles. The minimum absolute atomic E-state index is 0.200. The molecule has 0 heterocycles. The molecule has 3 nitrogen and oxygen atoms in total. The Morgan fingerprint density at radius 3 is 2.94 bits per heavy atom. The third-order valence-corrected chi connectivity index (χ3v) is 1.94. The van der Waals surface area contributed by atoms with E-state index in [1.54, 1.807) is 6.92 Å². The van der Waals surface area contributed by atoms with Crippen molar-refractivity contribution >= 4 is 12.0 Å². The smallest absolute Gasteiger partial charge is 0.330 e. The molecular formula is C12H13FO3. The second kappa shape index (κ2) is 6.02. The van der Waals surface area contributed by atoms with Gasteiger partial charge in [-0.25, -0.2) is 9.18 Å². The van der Waals surface area contributed by atoms with Gasteiger partial charge < -0.3 is 9.84 Å². The summed E-state index contributed by atoms with van der Waals surface area (Å²) in [7, 11) is 0. The Labute approximate surface area is 93.2 Å². The van der Waals surface area contributed by atoms with Gasteiger partial charge in [0, 0.05) is 11.6 Å². The van der Waals surface area contributed by atoms with Gasteiger partial charge >= 0.3 is 5.97 Å². The van der Waals surface area contributed by atoms with Crippen LogP contribution in [0.25, 0.3) is 6.08 Å². The first kappa shape index (κ1) is 12.4. The summed E-state index contributed by atoms with van der Waals surface area (Å²) in [6, 6.07) is 4.24. The molecule has 0 aromatic heterocycles. The highest BCUT2D eigenvalue weighted by Crippen LogP contribution is 2.11. The van der Waals surface area contributed by atoms with Gasteiger partial charge in [-0.05, 0) is 30.7 Å². The van der Waals surface area contributed by atoms with Gasteiger partial charge in [-0.3, -0.25) is 0 Å². The van der Waals surface area contributed by atoms with Crippen molar-refractivity contribution < 1.29 is 19.0 Å². The third-order valence-electron chi connectivity index (χ3n) is 1.94. The van der Waals surface area contributed by atoms with Crippen molar-refractivity contribution in [3.05, 3.63) is 41.2 Å². The van der Waals surface area contributed by atoms with E-state index in [0.29, 0.717) is 12.2 Å². The average Bonchev–Trinajstić information content (AvgIpc) is 2.28. The Hall–Kier alpha value is -1.68. The number of hydrogen-bond donors (Lipinski definition) is 1. The summed E-state index contributed by atoms with van der Waals surface area (Å²) < 4.78 is 17.7. The first-order valence-corrected chi connectivity index (χ1v) is 4.91. The van der Waals surface area contributed by atoms with Crippen LogP contribution in [0.1, 0.15) is 18.1 Å². The summed E-state index contributed by atoms with van der Waals surface area (Å²) in [4.78, 5) is 11.0. The molecule has 0 fully saturated rings. The molecule has 0 saturated carbocycles. The van der Waals surface area contributed by atoms with E-state index in [4.69, 9.17) is 9.84 Å². The highest BCUT2D eigenvalue weighted by Gasteiger charge is 2.01. The van der Waals surface area contributed by atoms with Gasteiger partial charge in [0.05, 0.1) is 13.2 Å². The number of carbonyl (C=O) groups is 1. The molecule has 1 N–H and O–H groups in total. The van der Waals surface area contributed by atoms with Crippen molar-refractivity contribution in [2.24, 2.45) is 0 Å². The van der Waals surface area contributed by atoms with Crippen LogP contribution in [0.5, 0.6) is 0 Å². The van der Waals surface area contributed by atoms with Crippen molar-refractivity contribution in [2.45, 2.75) is 13.5 Å². The van der Waals surface area contributed by atoms with Gasteiger partial charge in [0.2, 0.25) is 0 Å². The van der Waals surface area contributed by atoms with Crippen LogP contribution in [0, 0.1) is 5.82 Å². The van der Waals surface area contributed by atoms with Crippen LogP contribution in [0.15, 0.2) is 24.3 Å². The van der Waals surface area contributed by atoms with Gasteiger partial charge in [0.25, 0.3) is 0 Å². The third kappa shape index (κ3) is 3.47. The minimum Gasteiger partial charge on any atom is -0.463 e. The molecule has 1 rings (SSSR count). The van der Waals surface area contributed by atoms with E-state index in [0.717, 1.165) is 0 Å². The highest BCUT2D eigenvalue weighted by atomic mass is 19.1. The summed E-state index contributed by atoms with van der Waals surface area (Å²) in [5.74, 6) is -0.909. The van der Waals surface area contributed by atoms with E-state index in [1.807, 2.05) is 0 Å². The van der Waals surface area contributed by atoms with E-state index in [9.17, 15) is 9.18 Å². The lowest BCUT2D eigenvalue weighted by Gasteiger charge is -2.00. The van der Waals surface area contributed by atoms with Crippen molar-refractivity contribution in [1.29, 1.82) is 0 Å². The largest absolute Gasteiger partial charge is 0.463 e. The maximum atomic E-state index is 13.0. The first-order chi connectivity index (χ1) is 7.67. The number of benzene rings is 1. The maximum Gasteiger partial charge on any atom is 0.330 e. The number of aliphatic hydroxyl groups excluding tert-OH is 1. The Bertz CT molecular complexity index is 399. The van der Waals surface area contributed by atoms with Crippen molar-refractivity contribution in [3.63, 3.8) is 0 Å². The Kier molecular flexibility index (Phi) is 4.66. The van der Waals surface area contributed by atoms with Crippen molar-refractivity contribution in [3.8, 4) is 0 Å². The molecule has 0 aliphatic heterocycles. The topological polar surface area (TPSA) is 46.5 Å². The average molecular weight is 224 g/mol. The van der Waals surface area contributed by atoms with E-state index in [1.165, 1.54) is 30.4 Å². The molecule has 0 bridgehead atoms. The zero-order valence-electron chi connectivity index (χ0n) is 8.94. The summed E-state index contributed by atoms with van der Waals surface area (Å²) >= 11 is 0. The second-order valence-corrected chi connectivity index (χ2v) is 3.09. The molecule has 1 aromatic rings. The Morgan fingerprint density at radius 1 is 1.56 bits per heavy atom. The number of carbonyl (C=O) groups excluding carboxylic acids is 1. The summed E-state index contributed by atoms with van der Waals surface area (Å²) in [5.41, 5.74) is 0.838. The molecular weight excluding hydrogens is 211 g/mol. The van der Waals surface area contributed by atoms with E-state index in [-0.39, 0.29) is 12.2 Å².